The molecule has 2 rings (SSSR count). The molecule has 1 aromatic carbocycles. The quantitative estimate of drug-likeness (QED) is 0.662. The van der Waals surface area contributed by atoms with Crippen molar-refractivity contribution in [2.75, 3.05) is 6.54 Å². The van der Waals surface area contributed by atoms with Crippen molar-refractivity contribution < 1.29 is 4.74 Å². The molecule has 0 saturated carbocycles. The normalized spacial score (nSPS) is 15.1. The van der Waals surface area contributed by atoms with Crippen LogP contribution >= 0.6 is 0 Å². The maximum absolute atomic E-state index is 5.57. The van der Waals surface area contributed by atoms with E-state index in [9.17, 15) is 0 Å². The van der Waals surface area contributed by atoms with Gasteiger partial charge in [-0.25, -0.2) is 0 Å². The van der Waals surface area contributed by atoms with Crippen molar-refractivity contribution in [3.05, 3.63) is 42.0 Å². The molecule has 2 nitrogen and oxygen atoms in total. The summed E-state index contributed by atoms with van der Waals surface area (Å²) in [4.78, 5) is 4.25. The Balaban J connectivity index is 2.07. The molecule has 0 fully saturated rings. The van der Waals surface area contributed by atoms with Crippen LogP contribution in [0.25, 0.3) is 0 Å². The third kappa shape index (κ3) is 2.22. The highest BCUT2D eigenvalue weighted by molar-refractivity contribution is 5.90. The Hall–Kier alpha value is -1.57. The molecule has 1 aliphatic rings. The molecule has 0 aliphatic carbocycles. The monoisotopic (exact) mass is 187 g/mol. The fourth-order valence-corrected chi connectivity index (χ4v) is 1.28. The molecule has 2 heteroatoms. The topological polar surface area (TPSA) is 21.6 Å². The van der Waals surface area contributed by atoms with E-state index in [1.54, 1.807) is 0 Å². The number of dihydropyridines is 1. The minimum Gasteiger partial charge on any atom is -0.439 e. The van der Waals surface area contributed by atoms with Gasteiger partial charge in [0, 0.05) is 6.54 Å². The van der Waals surface area contributed by atoms with Gasteiger partial charge in [-0.1, -0.05) is 23.8 Å². The molecule has 0 spiro atoms. The number of hydrogen-bond donors (Lipinski definition) is 0. The van der Waals surface area contributed by atoms with Crippen molar-refractivity contribution in [2.45, 2.75) is 13.3 Å². The summed E-state index contributed by atoms with van der Waals surface area (Å²) in [7, 11) is 0. The first-order valence-electron chi connectivity index (χ1n) is 4.80. The number of hydrogen-bond acceptors (Lipinski definition) is 2. The molecule has 0 bridgehead atoms. The SMILES string of the molecule is Cc1ccc(OC2=NCCC=C2)cc1. The van der Waals surface area contributed by atoms with E-state index in [2.05, 4.69) is 18.0 Å². The fraction of sp³-hybridized carbons (Fsp3) is 0.250. The molecule has 1 aromatic rings. The Kier molecular flexibility index (Phi) is 2.63. The highest BCUT2D eigenvalue weighted by Crippen LogP contribution is 2.13. The van der Waals surface area contributed by atoms with E-state index in [1.165, 1.54) is 5.56 Å². The lowest BCUT2D eigenvalue weighted by Gasteiger charge is -2.08. The lowest BCUT2D eigenvalue weighted by Crippen LogP contribution is -2.08. The van der Waals surface area contributed by atoms with Crippen LogP contribution in [0.5, 0.6) is 5.75 Å². The van der Waals surface area contributed by atoms with Crippen LogP contribution in [-0.4, -0.2) is 12.4 Å². The van der Waals surface area contributed by atoms with Crippen LogP contribution in [0, 0.1) is 6.92 Å². The summed E-state index contributed by atoms with van der Waals surface area (Å²) < 4.78 is 5.57. The lowest BCUT2D eigenvalue weighted by atomic mass is 10.2. The van der Waals surface area contributed by atoms with Crippen molar-refractivity contribution in [3.8, 4) is 5.75 Å². The maximum atomic E-state index is 5.57. The standard InChI is InChI=1S/C12H13NO/c1-10-5-7-11(8-6-10)14-12-4-2-3-9-13-12/h2,4-8H,3,9H2,1H3. The summed E-state index contributed by atoms with van der Waals surface area (Å²) in [5, 5.41) is 0. The fourth-order valence-electron chi connectivity index (χ4n) is 1.28. The van der Waals surface area contributed by atoms with Crippen molar-refractivity contribution in [1.82, 2.24) is 0 Å². The predicted molar refractivity (Wildman–Crippen MR) is 57.9 cm³/mol. The minimum atomic E-state index is 0.708. The summed E-state index contributed by atoms with van der Waals surface area (Å²) in [6, 6.07) is 7.98. The maximum Gasteiger partial charge on any atom is 0.214 e. The third-order valence-electron chi connectivity index (χ3n) is 2.07. The summed E-state index contributed by atoms with van der Waals surface area (Å²) in [6.07, 6.45) is 5.01. The summed E-state index contributed by atoms with van der Waals surface area (Å²) >= 11 is 0. The number of benzene rings is 1. The Labute approximate surface area is 83.9 Å². The predicted octanol–water partition coefficient (Wildman–Crippen LogP) is 2.73. The molecular weight excluding hydrogens is 174 g/mol. The Bertz CT molecular complexity index is 362. The van der Waals surface area contributed by atoms with Crippen molar-refractivity contribution in [2.24, 2.45) is 4.99 Å². The van der Waals surface area contributed by atoms with Crippen LogP contribution in [0.3, 0.4) is 0 Å². The zero-order valence-corrected chi connectivity index (χ0v) is 8.23. The van der Waals surface area contributed by atoms with E-state index >= 15 is 0 Å². The van der Waals surface area contributed by atoms with Gasteiger partial charge in [-0.05, 0) is 31.6 Å². The first-order valence-corrected chi connectivity index (χ1v) is 4.80. The molecule has 72 valence electrons. The van der Waals surface area contributed by atoms with Crippen molar-refractivity contribution in [3.63, 3.8) is 0 Å². The van der Waals surface area contributed by atoms with Crippen LogP contribution in [0.15, 0.2) is 41.4 Å². The van der Waals surface area contributed by atoms with Gasteiger partial charge in [0.2, 0.25) is 5.90 Å². The van der Waals surface area contributed by atoms with Crippen molar-refractivity contribution >= 4 is 5.90 Å². The Morgan fingerprint density at radius 2 is 2.00 bits per heavy atom. The Morgan fingerprint density at radius 3 is 2.64 bits per heavy atom. The highest BCUT2D eigenvalue weighted by Gasteiger charge is 2.00. The molecule has 1 aliphatic heterocycles. The zero-order valence-electron chi connectivity index (χ0n) is 8.23. The third-order valence-corrected chi connectivity index (χ3v) is 2.07. The number of aryl methyl sites for hydroxylation is 1. The second kappa shape index (κ2) is 4.09. The van der Waals surface area contributed by atoms with Gasteiger partial charge in [0.25, 0.3) is 0 Å². The second-order valence-electron chi connectivity index (χ2n) is 3.33. The van der Waals surface area contributed by atoms with E-state index in [1.807, 2.05) is 30.3 Å². The molecule has 1 heterocycles. The first-order chi connectivity index (χ1) is 6.84. The molecule has 0 aromatic heterocycles. The zero-order chi connectivity index (χ0) is 9.80. The highest BCUT2D eigenvalue weighted by atomic mass is 16.5. The van der Waals surface area contributed by atoms with Gasteiger partial charge in [-0.3, -0.25) is 4.99 Å². The molecule has 0 saturated heterocycles. The van der Waals surface area contributed by atoms with Gasteiger partial charge < -0.3 is 4.74 Å². The van der Waals surface area contributed by atoms with Crippen LogP contribution in [0.1, 0.15) is 12.0 Å². The Morgan fingerprint density at radius 1 is 1.21 bits per heavy atom. The van der Waals surface area contributed by atoms with Crippen LogP contribution < -0.4 is 4.74 Å². The molecule has 0 radical (unpaired) electrons. The van der Waals surface area contributed by atoms with Gasteiger partial charge in [0.05, 0.1) is 0 Å². The van der Waals surface area contributed by atoms with Gasteiger partial charge in [-0.15, -0.1) is 0 Å². The van der Waals surface area contributed by atoms with Crippen LogP contribution in [0.4, 0.5) is 0 Å². The minimum absolute atomic E-state index is 0.708. The smallest absolute Gasteiger partial charge is 0.214 e. The van der Waals surface area contributed by atoms with E-state index in [0.717, 1.165) is 18.7 Å². The summed E-state index contributed by atoms with van der Waals surface area (Å²) in [5.41, 5.74) is 1.23. The summed E-state index contributed by atoms with van der Waals surface area (Å²) in [5.74, 6) is 1.56. The molecule has 0 amide bonds. The van der Waals surface area contributed by atoms with Crippen LogP contribution in [-0.2, 0) is 0 Å². The average molecular weight is 187 g/mol. The van der Waals surface area contributed by atoms with Gasteiger partial charge >= 0.3 is 0 Å². The average Bonchev–Trinajstić information content (AvgIpc) is 2.23. The number of nitrogens with zero attached hydrogens (tertiary/aromatic N) is 1. The molecule has 0 atom stereocenters. The van der Waals surface area contributed by atoms with Gasteiger partial charge in [0.1, 0.15) is 5.75 Å². The van der Waals surface area contributed by atoms with E-state index < -0.39 is 0 Å². The summed E-state index contributed by atoms with van der Waals surface area (Å²) in [6.45, 7) is 2.89. The number of rotatable bonds is 1. The largest absolute Gasteiger partial charge is 0.439 e. The number of aliphatic imine (C=N–C) groups is 1. The molecule has 14 heavy (non-hydrogen) atoms. The van der Waals surface area contributed by atoms with Crippen molar-refractivity contribution in [1.29, 1.82) is 0 Å². The lowest BCUT2D eigenvalue weighted by molar-refractivity contribution is 0.549. The van der Waals surface area contributed by atoms with Gasteiger partial charge in [-0.2, -0.15) is 0 Å². The first kappa shape index (κ1) is 9.00. The van der Waals surface area contributed by atoms with Gasteiger partial charge in [0.15, 0.2) is 0 Å². The van der Waals surface area contributed by atoms with Crippen LogP contribution in [0.2, 0.25) is 0 Å². The second-order valence-corrected chi connectivity index (χ2v) is 3.33. The molecule has 0 unspecified atom stereocenters. The van der Waals surface area contributed by atoms with E-state index in [0.29, 0.717) is 5.90 Å². The molecular formula is C12H13NO. The number of ether oxygens (including phenoxy) is 1. The van der Waals surface area contributed by atoms with E-state index in [-0.39, 0.29) is 0 Å². The van der Waals surface area contributed by atoms with E-state index in [4.69, 9.17) is 4.74 Å². The molecule has 0 N–H and O–H groups in total.